The van der Waals surface area contributed by atoms with Crippen molar-refractivity contribution in [2.75, 3.05) is 7.11 Å². The number of nitrogens with one attached hydrogen (secondary N) is 1. The molecule has 1 aliphatic carbocycles. The molecule has 0 spiro atoms. The molecule has 0 bridgehead atoms. The highest BCUT2D eigenvalue weighted by molar-refractivity contribution is 6.31. The minimum Gasteiger partial charge on any atom is -0.381 e. The van der Waals surface area contributed by atoms with Crippen LogP contribution in [-0.4, -0.2) is 25.2 Å². The van der Waals surface area contributed by atoms with Crippen molar-refractivity contribution < 1.29 is 9.53 Å². The van der Waals surface area contributed by atoms with Crippen molar-refractivity contribution in [3.05, 3.63) is 34.3 Å². The van der Waals surface area contributed by atoms with Crippen LogP contribution in [0.3, 0.4) is 0 Å². The highest BCUT2D eigenvalue weighted by Gasteiger charge is 2.48. The van der Waals surface area contributed by atoms with Gasteiger partial charge in [0.2, 0.25) is 5.91 Å². The minimum absolute atomic E-state index is 0.119. The molecule has 3 N–H and O–H groups in total. The van der Waals surface area contributed by atoms with E-state index in [0.29, 0.717) is 29.3 Å². The van der Waals surface area contributed by atoms with Crippen LogP contribution in [0.1, 0.15) is 36.2 Å². The van der Waals surface area contributed by atoms with Crippen LogP contribution >= 0.6 is 11.6 Å². The fourth-order valence-corrected chi connectivity index (χ4v) is 2.96. The fraction of sp³-hybridized carbons (Fsp3) is 0.533. The maximum absolute atomic E-state index is 11.1. The molecule has 1 saturated carbocycles. The molecular formula is C15H21ClN2O2. The number of nitrogens with two attached hydrogens (primary N) is 1. The van der Waals surface area contributed by atoms with E-state index in [2.05, 4.69) is 19.2 Å². The Balaban J connectivity index is 1.97. The van der Waals surface area contributed by atoms with Gasteiger partial charge in [-0.1, -0.05) is 31.5 Å². The summed E-state index contributed by atoms with van der Waals surface area (Å²) in [6.45, 7) is 5.06. The van der Waals surface area contributed by atoms with Crippen molar-refractivity contribution in [3.8, 4) is 0 Å². The Bertz CT molecular complexity index is 517. The quantitative estimate of drug-likeness (QED) is 0.876. The number of halogens is 1. The zero-order valence-electron chi connectivity index (χ0n) is 12.1. The maximum atomic E-state index is 11.1. The first kappa shape index (κ1) is 15.3. The Morgan fingerprint density at radius 2 is 2.25 bits per heavy atom. The Morgan fingerprint density at radius 3 is 2.75 bits per heavy atom. The van der Waals surface area contributed by atoms with Gasteiger partial charge in [0.25, 0.3) is 0 Å². The molecule has 0 aliphatic heterocycles. The molecule has 20 heavy (non-hydrogen) atoms. The predicted octanol–water partition coefficient (Wildman–Crippen LogP) is 2.34. The lowest BCUT2D eigenvalue weighted by molar-refractivity contribution is -0.0979. The lowest BCUT2D eigenvalue weighted by Crippen LogP contribution is -2.60. The number of hydrogen-bond acceptors (Lipinski definition) is 3. The standard InChI is InChI=1S/C15H21ClN2O2/c1-15(2)12(7-13(15)20-3)18-8-10-5-4-9(14(17)19)6-11(10)16/h4-6,12-13,18H,7-8H2,1-3H3,(H2,17,19). The highest BCUT2D eigenvalue weighted by atomic mass is 35.5. The molecular weight excluding hydrogens is 276 g/mol. The normalized spacial score (nSPS) is 24.2. The van der Waals surface area contributed by atoms with Gasteiger partial charge in [0, 0.05) is 35.7 Å². The van der Waals surface area contributed by atoms with Gasteiger partial charge in [-0.2, -0.15) is 0 Å². The number of benzene rings is 1. The molecule has 0 heterocycles. The summed E-state index contributed by atoms with van der Waals surface area (Å²) in [6, 6.07) is 5.56. The second-order valence-electron chi connectivity index (χ2n) is 5.89. The minimum atomic E-state index is -0.463. The van der Waals surface area contributed by atoms with Crippen LogP contribution in [0.25, 0.3) is 0 Å². The topological polar surface area (TPSA) is 64.3 Å². The molecule has 2 atom stereocenters. The maximum Gasteiger partial charge on any atom is 0.248 e. The SMILES string of the molecule is COC1CC(NCc2ccc(C(N)=O)cc2Cl)C1(C)C. The van der Waals surface area contributed by atoms with Crippen molar-refractivity contribution in [2.45, 2.75) is 39.0 Å². The van der Waals surface area contributed by atoms with E-state index in [1.807, 2.05) is 6.07 Å². The van der Waals surface area contributed by atoms with E-state index >= 15 is 0 Å². The number of hydrogen-bond donors (Lipinski definition) is 2. The van der Waals surface area contributed by atoms with Crippen LogP contribution in [-0.2, 0) is 11.3 Å². The van der Waals surface area contributed by atoms with Gasteiger partial charge in [-0.25, -0.2) is 0 Å². The Morgan fingerprint density at radius 1 is 1.55 bits per heavy atom. The number of carbonyl (C=O) groups is 1. The van der Waals surface area contributed by atoms with Gasteiger partial charge in [-0.05, 0) is 24.1 Å². The van der Waals surface area contributed by atoms with Gasteiger partial charge in [0.05, 0.1) is 6.10 Å². The summed E-state index contributed by atoms with van der Waals surface area (Å²) in [5.41, 5.74) is 6.74. The molecule has 2 rings (SSSR count). The molecule has 2 unspecified atom stereocenters. The van der Waals surface area contributed by atoms with Crippen LogP contribution in [0, 0.1) is 5.41 Å². The van der Waals surface area contributed by atoms with Gasteiger partial charge < -0.3 is 15.8 Å². The van der Waals surface area contributed by atoms with E-state index in [1.165, 1.54) is 0 Å². The monoisotopic (exact) mass is 296 g/mol. The molecule has 0 radical (unpaired) electrons. The third-order valence-corrected chi connectivity index (χ3v) is 4.69. The third kappa shape index (κ3) is 2.82. The lowest BCUT2D eigenvalue weighted by Gasteiger charge is -2.51. The first-order valence-electron chi connectivity index (χ1n) is 6.70. The van der Waals surface area contributed by atoms with Gasteiger partial charge in [0.1, 0.15) is 0 Å². The first-order valence-corrected chi connectivity index (χ1v) is 7.08. The summed E-state index contributed by atoms with van der Waals surface area (Å²) >= 11 is 6.17. The van der Waals surface area contributed by atoms with E-state index in [0.717, 1.165) is 12.0 Å². The van der Waals surface area contributed by atoms with Crippen LogP contribution in [0.4, 0.5) is 0 Å². The van der Waals surface area contributed by atoms with E-state index in [1.54, 1.807) is 19.2 Å². The largest absolute Gasteiger partial charge is 0.381 e. The van der Waals surface area contributed by atoms with E-state index in [-0.39, 0.29) is 5.41 Å². The Labute approximate surface area is 124 Å². The lowest BCUT2D eigenvalue weighted by atomic mass is 9.64. The molecule has 0 aromatic heterocycles. The molecule has 0 saturated heterocycles. The molecule has 5 heteroatoms. The zero-order valence-corrected chi connectivity index (χ0v) is 12.8. The Kier molecular flexibility index (Phi) is 4.37. The molecule has 1 aromatic rings. The average Bonchev–Trinajstić information content (AvgIpc) is 2.39. The van der Waals surface area contributed by atoms with Crippen molar-refractivity contribution in [1.82, 2.24) is 5.32 Å². The highest BCUT2D eigenvalue weighted by Crippen LogP contribution is 2.42. The van der Waals surface area contributed by atoms with Crippen molar-refractivity contribution >= 4 is 17.5 Å². The predicted molar refractivity (Wildman–Crippen MR) is 79.8 cm³/mol. The average molecular weight is 297 g/mol. The first-order chi connectivity index (χ1) is 9.36. The van der Waals surface area contributed by atoms with E-state index < -0.39 is 5.91 Å². The second kappa shape index (κ2) is 5.72. The van der Waals surface area contributed by atoms with Gasteiger partial charge in [-0.3, -0.25) is 4.79 Å². The molecule has 1 amide bonds. The number of methoxy groups -OCH3 is 1. The van der Waals surface area contributed by atoms with Crippen molar-refractivity contribution in [3.63, 3.8) is 0 Å². The number of primary amides is 1. The van der Waals surface area contributed by atoms with Crippen LogP contribution < -0.4 is 11.1 Å². The van der Waals surface area contributed by atoms with Gasteiger partial charge in [0.15, 0.2) is 0 Å². The molecule has 4 nitrogen and oxygen atoms in total. The molecule has 1 aromatic carbocycles. The van der Waals surface area contributed by atoms with E-state index in [9.17, 15) is 4.79 Å². The number of rotatable bonds is 5. The molecule has 1 aliphatic rings. The van der Waals surface area contributed by atoms with Crippen molar-refractivity contribution in [2.24, 2.45) is 11.1 Å². The van der Waals surface area contributed by atoms with Gasteiger partial charge >= 0.3 is 0 Å². The van der Waals surface area contributed by atoms with Crippen LogP contribution in [0.2, 0.25) is 5.02 Å². The smallest absolute Gasteiger partial charge is 0.248 e. The zero-order chi connectivity index (χ0) is 14.9. The third-order valence-electron chi connectivity index (χ3n) is 4.34. The molecule has 1 fully saturated rings. The number of amides is 1. The summed E-state index contributed by atoms with van der Waals surface area (Å²) < 4.78 is 5.43. The summed E-state index contributed by atoms with van der Waals surface area (Å²) in [5, 5.41) is 4.06. The summed E-state index contributed by atoms with van der Waals surface area (Å²) in [4.78, 5) is 11.1. The molecule has 110 valence electrons. The van der Waals surface area contributed by atoms with Gasteiger partial charge in [-0.15, -0.1) is 0 Å². The summed E-state index contributed by atoms with van der Waals surface area (Å²) in [7, 11) is 1.75. The number of carbonyl (C=O) groups excluding carboxylic acids is 1. The fourth-order valence-electron chi connectivity index (χ4n) is 2.71. The van der Waals surface area contributed by atoms with Crippen molar-refractivity contribution in [1.29, 1.82) is 0 Å². The summed E-state index contributed by atoms with van der Waals surface area (Å²) in [6.07, 6.45) is 1.30. The second-order valence-corrected chi connectivity index (χ2v) is 6.29. The van der Waals surface area contributed by atoms with Crippen LogP contribution in [0.15, 0.2) is 18.2 Å². The van der Waals surface area contributed by atoms with E-state index in [4.69, 9.17) is 22.1 Å². The Hall–Kier alpha value is -1.10. The van der Waals surface area contributed by atoms with Crippen LogP contribution in [0.5, 0.6) is 0 Å². The summed E-state index contributed by atoms with van der Waals surface area (Å²) in [5.74, 6) is -0.463. The number of ether oxygens (including phenoxy) is 1.